The van der Waals surface area contributed by atoms with Gasteiger partial charge in [0, 0.05) is 12.7 Å². The first-order valence-electron chi connectivity index (χ1n) is 9.54. The van der Waals surface area contributed by atoms with Gasteiger partial charge in [0.25, 0.3) is 0 Å². The second-order valence-corrected chi connectivity index (χ2v) is 7.34. The van der Waals surface area contributed by atoms with E-state index in [1.165, 1.54) is 0 Å². The van der Waals surface area contributed by atoms with E-state index in [4.69, 9.17) is 19.0 Å². The van der Waals surface area contributed by atoms with E-state index in [2.05, 4.69) is 4.98 Å². The van der Waals surface area contributed by atoms with E-state index in [0.717, 1.165) is 22.6 Å². The fourth-order valence-corrected chi connectivity index (χ4v) is 3.70. The van der Waals surface area contributed by atoms with Gasteiger partial charge in [0.1, 0.15) is 23.8 Å². The molecule has 0 bridgehead atoms. The average Bonchev–Trinajstić information content (AvgIpc) is 3.08. The molecule has 1 N–H and O–H groups in total. The van der Waals surface area contributed by atoms with Crippen LogP contribution in [0.5, 0.6) is 5.75 Å². The van der Waals surface area contributed by atoms with E-state index in [1.807, 2.05) is 61.5 Å². The van der Waals surface area contributed by atoms with Crippen LogP contribution in [0.25, 0.3) is 11.5 Å². The van der Waals surface area contributed by atoms with E-state index in [9.17, 15) is 4.79 Å². The highest BCUT2D eigenvalue weighted by Crippen LogP contribution is 2.48. The Kier molecular flexibility index (Phi) is 5.11. The van der Waals surface area contributed by atoms with Gasteiger partial charge in [-0.15, -0.1) is 0 Å². The Morgan fingerprint density at radius 2 is 1.86 bits per heavy atom. The van der Waals surface area contributed by atoms with Crippen LogP contribution >= 0.6 is 0 Å². The molecule has 0 saturated heterocycles. The largest absolute Gasteiger partial charge is 0.487 e. The zero-order valence-electron chi connectivity index (χ0n) is 16.4. The lowest BCUT2D eigenvalue weighted by atomic mass is 9.67. The van der Waals surface area contributed by atoms with Crippen LogP contribution in [-0.4, -0.2) is 23.2 Å². The lowest BCUT2D eigenvalue weighted by Crippen LogP contribution is -2.46. The topological polar surface area (TPSA) is 81.8 Å². The van der Waals surface area contributed by atoms with Crippen LogP contribution in [0.3, 0.4) is 0 Å². The second kappa shape index (κ2) is 7.72. The molecule has 150 valence electrons. The smallest absolute Gasteiger partial charge is 0.306 e. The maximum atomic E-state index is 11.1. The van der Waals surface area contributed by atoms with Crippen molar-refractivity contribution in [2.24, 2.45) is 5.92 Å². The molecule has 3 aromatic rings. The summed E-state index contributed by atoms with van der Waals surface area (Å²) >= 11 is 0. The maximum Gasteiger partial charge on any atom is 0.306 e. The predicted molar refractivity (Wildman–Crippen MR) is 106 cm³/mol. The molecule has 0 amide bonds. The van der Waals surface area contributed by atoms with E-state index < -0.39 is 11.6 Å². The first-order valence-corrected chi connectivity index (χ1v) is 9.54. The minimum atomic E-state index is -0.768. The number of aliphatic carboxylic acids is 1. The van der Waals surface area contributed by atoms with Gasteiger partial charge in [-0.2, -0.15) is 0 Å². The van der Waals surface area contributed by atoms with Crippen LogP contribution in [0.1, 0.15) is 29.9 Å². The molecule has 1 aromatic heterocycles. The first-order chi connectivity index (χ1) is 14.0. The van der Waals surface area contributed by atoms with Crippen molar-refractivity contribution in [1.29, 1.82) is 0 Å². The molecular formula is C23H23NO5. The monoisotopic (exact) mass is 393 g/mol. The van der Waals surface area contributed by atoms with Gasteiger partial charge in [0.2, 0.25) is 5.89 Å². The fourth-order valence-electron chi connectivity index (χ4n) is 3.70. The Bertz CT molecular complexity index is 988. The third kappa shape index (κ3) is 3.76. The van der Waals surface area contributed by atoms with Gasteiger partial charge in [-0.1, -0.05) is 30.3 Å². The van der Waals surface area contributed by atoms with Crippen molar-refractivity contribution >= 4 is 5.97 Å². The van der Waals surface area contributed by atoms with Crippen LogP contribution in [0.2, 0.25) is 0 Å². The average molecular weight is 393 g/mol. The van der Waals surface area contributed by atoms with Gasteiger partial charge < -0.3 is 19.0 Å². The summed E-state index contributed by atoms with van der Waals surface area (Å²) in [4.78, 5) is 15.7. The number of carboxylic acid groups (broad SMARTS) is 1. The maximum absolute atomic E-state index is 11.1. The van der Waals surface area contributed by atoms with Crippen molar-refractivity contribution in [3.8, 4) is 17.2 Å². The molecule has 6 heteroatoms. The van der Waals surface area contributed by atoms with Gasteiger partial charge in [0.05, 0.1) is 11.5 Å². The summed E-state index contributed by atoms with van der Waals surface area (Å²) in [5.41, 5.74) is 2.13. The summed E-state index contributed by atoms with van der Waals surface area (Å²) < 4.78 is 17.3. The van der Waals surface area contributed by atoms with Gasteiger partial charge in [-0.05, 0) is 49.6 Å². The molecule has 1 heterocycles. The van der Waals surface area contributed by atoms with Gasteiger partial charge in [0.15, 0.2) is 0 Å². The molecule has 1 saturated carbocycles. The van der Waals surface area contributed by atoms with Gasteiger partial charge in [-0.3, -0.25) is 4.79 Å². The Hall–Kier alpha value is -3.12. The standard InChI is InChI=1S/C23H23NO5/c1-15-20(24-21(29-15)16-6-4-3-5-7-16)14-28-19-10-8-18(9-11-19)23(27-2)12-17(13-23)22(25)26/h3-11,17H,12-14H2,1-2H3,(H,25,26). The Morgan fingerprint density at radius 1 is 1.17 bits per heavy atom. The van der Waals surface area contributed by atoms with Crippen LogP contribution in [0.15, 0.2) is 59.0 Å². The summed E-state index contributed by atoms with van der Waals surface area (Å²) in [5, 5.41) is 9.14. The number of carboxylic acids is 1. The Morgan fingerprint density at radius 3 is 2.48 bits per heavy atom. The number of benzene rings is 2. The third-order valence-electron chi connectivity index (χ3n) is 5.56. The highest BCUT2D eigenvalue weighted by atomic mass is 16.5. The lowest BCUT2D eigenvalue weighted by molar-refractivity contribution is -0.164. The number of aryl methyl sites for hydroxylation is 1. The minimum absolute atomic E-state index is 0.304. The predicted octanol–water partition coefficient (Wildman–Crippen LogP) is 4.57. The zero-order valence-corrected chi connectivity index (χ0v) is 16.4. The van der Waals surface area contributed by atoms with Gasteiger partial charge in [-0.25, -0.2) is 4.98 Å². The summed E-state index contributed by atoms with van der Waals surface area (Å²) in [6.07, 6.45) is 0.971. The molecule has 0 radical (unpaired) electrons. The third-order valence-corrected chi connectivity index (χ3v) is 5.56. The normalized spacial score (nSPS) is 20.8. The summed E-state index contributed by atoms with van der Waals surface area (Å²) in [7, 11) is 1.63. The van der Waals surface area contributed by atoms with E-state index in [1.54, 1.807) is 7.11 Å². The number of rotatable bonds is 7. The highest BCUT2D eigenvalue weighted by Gasteiger charge is 2.49. The SMILES string of the molecule is COC1(c2ccc(OCc3nc(-c4ccccc4)oc3C)cc2)CC(C(=O)O)C1. The molecule has 1 aliphatic carbocycles. The van der Waals surface area contributed by atoms with Crippen molar-refractivity contribution in [3.63, 3.8) is 0 Å². The van der Waals surface area contributed by atoms with Crippen molar-refractivity contribution in [3.05, 3.63) is 71.6 Å². The molecule has 0 aliphatic heterocycles. The molecule has 29 heavy (non-hydrogen) atoms. The highest BCUT2D eigenvalue weighted by molar-refractivity contribution is 5.72. The van der Waals surface area contributed by atoms with E-state index >= 15 is 0 Å². The number of carbonyl (C=O) groups is 1. The fraction of sp³-hybridized carbons (Fsp3) is 0.304. The number of hydrogen-bond acceptors (Lipinski definition) is 5. The molecule has 0 spiro atoms. The number of methoxy groups -OCH3 is 1. The van der Waals surface area contributed by atoms with Crippen LogP contribution in [0, 0.1) is 12.8 Å². The lowest BCUT2D eigenvalue weighted by Gasteiger charge is -2.45. The summed E-state index contributed by atoms with van der Waals surface area (Å²) in [6.45, 7) is 2.18. The molecule has 1 aliphatic rings. The summed E-state index contributed by atoms with van der Waals surface area (Å²) in [5.74, 6) is 0.901. The van der Waals surface area contributed by atoms with Crippen molar-refractivity contribution < 1.29 is 23.8 Å². The molecule has 1 fully saturated rings. The number of oxazole rings is 1. The molecule has 0 atom stereocenters. The molecular weight excluding hydrogens is 370 g/mol. The molecule has 2 aromatic carbocycles. The van der Waals surface area contributed by atoms with Crippen LogP contribution in [0.4, 0.5) is 0 Å². The van der Waals surface area contributed by atoms with Crippen molar-refractivity contribution in [1.82, 2.24) is 4.98 Å². The Balaban J connectivity index is 1.41. The molecule has 6 nitrogen and oxygen atoms in total. The van der Waals surface area contributed by atoms with E-state index in [0.29, 0.717) is 31.1 Å². The second-order valence-electron chi connectivity index (χ2n) is 7.34. The van der Waals surface area contributed by atoms with Crippen LogP contribution in [-0.2, 0) is 21.7 Å². The summed E-state index contributed by atoms with van der Waals surface area (Å²) in [6, 6.07) is 17.4. The first kappa shape index (κ1) is 19.2. The number of hydrogen-bond donors (Lipinski definition) is 1. The Labute approximate surface area is 169 Å². The van der Waals surface area contributed by atoms with Gasteiger partial charge >= 0.3 is 5.97 Å². The number of ether oxygens (including phenoxy) is 2. The molecule has 4 rings (SSSR count). The van der Waals surface area contributed by atoms with Crippen molar-refractivity contribution in [2.75, 3.05) is 7.11 Å². The minimum Gasteiger partial charge on any atom is -0.487 e. The van der Waals surface area contributed by atoms with E-state index in [-0.39, 0.29) is 5.92 Å². The molecule has 0 unspecified atom stereocenters. The van der Waals surface area contributed by atoms with Crippen molar-refractivity contribution in [2.45, 2.75) is 32.0 Å². The van der Waals surface area contributed by atoms with Crippen LogP contribution < -0.4 is 4.74 Å². The zero-order chi connectivity index (χ0) is 20.4. The number of aromatic nitrogens is 1. The quantitative estimate of drug-likeness (QED) is 0.633. The number of nitrogens with zero attached hydrogens (tertiary/aromatic N) is 1.